The Hall–Kier alpha value is -1.88. The van der Waals surface area contributed by atoms with E-state index in [9.17, 15) is 0 Å². The topological polar surface area (TPSA) is 42.7 Å². The fraction of sp³-hybridized carbons (Fsp3) is 0.250. The zero-order chi connectivity index (χ0) is 14.8. The summed E-state index contributed by atoms with van der Waals surface area (Å²) >= 11 is 3.48. The summed E-state index contributed by atoms with van der Waals surface area (Å²) in [6, 6.07) is 10.2. The van der Waals surface area contributed by atoms with Gasteiger partial charge in [0.1, 0.15) is 5.82 Å². The molecule has 0 unspecified atom stereocenters. The van der Waals surface area contributed by atoms with Crippen LogP contribution in [0.5, 0.6) is 0 Å². The van der Waals surface area contributed by atoms with Crippen molar-refractivity contribution in [2.24, 2.45) is 7.05 Å². The highest BCUT2D eigenvalue weighted by Gasteiger charge is 2.06. The van der Waals surface area contributed by atoms with Gasteiger partial charge in [0, 0.05) is 35.2 Å². The molecule has 0 saturated heterocycles. The van der Waals surface area contributed by atoms with E-state index in [1.807, 2.05) is 29.9 Å². The second kappa shape index (κ2) is 5.85. The van der Waals surface area contributed by atoms with E-state index >= 15 is 0 Å². The summed E-state index contributed by atoms with van der Waals surface area (Å²) in [6.07, 6.45) is 3.00. The maximum absolute atomic E-state index is 4.63. The van der Waals surface area contributed by atoms with Crippen molar-refractivity contribution >= 4 is 32.7 Å². The number of aromatic nitrogens is 3. The molecule has 1 N–H and O–H groups in total. The first-order chi connectivity index (χ1) is 10.2. The molecular formula is C16H17BrN4. The van der Waals surface area contributed by atoms with Crippen LogP contribution in [0.15, 0.2) is 41.0 Å². The molecule has 3 aromatic rings. The van der Waals surface area contributed by atoms with Crippen LogP contribution >= 0.6 is 15.9 Å². The molecule has 21 heavy (non-hydrogen) atoms. The van der Waals surface area contributed by atoms with E-state index < -0.39 is 0 Å². The van der Waals surface area contributed by atoms with Crippen LogP contribution in [-0.2, 0) is 20.0 Å². The Labute approximate surface area is 132 Å². The van der Waals surface area contributed by atoms with Gasteiger partial charge in [-0.25, -0.2) is 4.98 Å². The molecule has 2 aromatic heterocycles. The molecule has 4 nitrogen and oxygen atoms in total. The highest BCUT2D eigenvalue weighted by atomic mass is 79.9. The molecule has 0 spiro atoms. The Morgan fingerprint density at radius 1 is 1.24 bits per heavy atom. The number of anilines is 1. The minimum absolute atomic E-state index is 0.742. The molecule has 108 valence electrons. The summed E-state index contributed by atoms with van der Waals surface area (Å²) in [5, 5.41) is 8.96. The first kappa shape index (κ1) is 14.1. The van der Waals surface area contributed by atoms with E-state index in [-0.39, 0.29) is 0 Å². The standard InChI is InChI=1S/C16H17BrN4/c1-3-14-12(10-21(2)20-14)9-18-16-7-4-11-8-13(17)5-6-15(11)19-16/h4-8,10H,3,9H2,1-2H3,(H,18,19). The van der Waals surface area contributed by atoms with Gasteiger partial charge in [0.15, 0.2) is 0 Å². The maximum atomic E-state index is 4.63. The van der Waals surface area contributed by atoms with Gasteiger partial charge in [0.2, 0.25) is 0 Å². The maximum Gasteiger partial charge on any atom is 0.126 e. The number of pyridine rings is 1. The summed E-state index contributed by atoms with van der Waals surface area (Å²) in [7, 11) is 1.95. The molecule has 3 rings (SSSR count). The summed E-state index contributed by atoms with van der Waals surface area (Å²) in [6.45, 7) is 2.87. The summed E-state index contributed by atoms with van der Waals surface area (Å²) in [5.41, 5.74) is 3.34. The largest absolute Gasteiger partial charge is 0.366 e. The van der Waals surface area contributed by atoms with E-state index in [4.69, 9.17) is 0 Å². The highest BCUT2D eigenvalue weighted by molar-refractivity contribution is 9.10. The molecule has 0 radical (unpaired) electrons. The van der Waals surface area contributed by atoms with Gasteiger partial charge in [-0.1, -0.05) is 22.9 Å². The number of hydrogen-bond donors (Lipinski definition) is 1. The fourth-order valence-electron chi connectivity index (χ4n) is 2.41. The van der Waals surface area contributed by atoms with Gasteiger partial charge in [-0.3, -0.25) is 4.68 Å². The number of nitrogens with zero attached hydrogens (tertiary/aromatic N) is 3. The zero-order valence-corrected chi connectivity index (χ0v) is 13.7. The van der Waals surface area contributed by atoms with Crippen molar-refractivity contribution < 1.29 is 0 Å². The van der Waals surface area contributed by atoms with Crippen LogP contribution in [0.3, 0.4) is 0 Å². The van der Waals surface area contributed by atoms with E-state index in [0.29, 0.717) is 0 Å². The lowest BCUT2D eigenvalue weighted by atomic mass is 10.2. The molecule has 2 heterocycles. The van der Waals surface area contributed by atoms with Crippen molar-refractivity contribution in [1.82, 2.24) is 14.8 Å². The van der Waals surface area contributed by atoms with E-state index in [2.05, 4.69) is 56.6 Å². The van der Waals surface area contributed by atoms with Gasteiger partial charge in [-0.05, 0) is 36.8 Å². The number of hydrogen-bond acceptors (Lipinski definition) is 3. The molecule has 0 bridgehead atoms. The Kier molecular flexibility index (Phi) is 3.92. The van der Waals surface area contributed by atoms with Crippen LogP contribution in [0.1, 0.15) is 18.2 Å². The fourth-order valence-corrected chi connectivity index (χ4v) is 2.79. The minimum atomic E-state index is 0.742. The predicted octanol–water partition coefficient (Wildman–Crippen LogP) is 3.91. The number of aryl methyl sites for hydroxylation is 2. The third-order valence-corrected chi connectivity index (χ3v) is 3.93. The number of halogens is 1. The van der Waals surface area contributed by atoms with Crippen LogP contribution in [-0.4, -0.2) is 14.8 Å². The number of nitrogens with one attached hydrogen (secondary N) is 1. The molecule has 0 amide bonds. The van der Waals surface area contributed by atoms with Gasteiger partial charge >= 0.3 is 0 Å². The lowest BCUT2D eigenvalue weighted by Crippen LogP contribution is -2.02. The quantitative estimate of drug-likeness (QED) is 0.780. The van der Waals surface area contributed by atoms with Crippen molar-refractivity contribution in [3.05, 3.63) is 52.3 Å². The van der Waals surface area contributed by atoms with Gasteiger partial charge in [0.05, 0.1) is 11.2 Å². The Morgan fingerprint density at radius 3 is 2.90 bits per heavy atom. The Bertz CT molecular complexity index is 779. The lowest BCUT2D eigenvalue weighted by Gasteiger charge is -2.06. The molecule has 5 heteroatoms. The van der Waals surface area contributed by atoms with Gasteiger partial charge in [-0.15, -0.1) is 0 Å². The smallest absolute Gasteiger partial charge is 0.126 e. The van der Waals surface area contributed by atoms with Crippen molar-refractivity contribution in [3.8, 4) is 0 Å². The zero-order valence-electron chi connectivity index (χ0n) is 12.1. The third kappa shape index (κ3) is 3.08. The van der Waals surface area contributed by atoms with Crippen molar-refractivity contribution in [2.75, 3.05) is 5.32 Å². The second-order valence-corrected chi connectivity index (χ2v) is 5.93. The van der Waals surface area contributed by atoms with Gasteiger partial charge in [-0.2, -0.15) is 5.10 Å². The second-order valence-electron chi connectivity index (χ2n) is 5.02. The molecule has 0 saturated carbocycles. The monoisotopic (exact) mass is 344 g/mol. The summed E-state index contributed by atoms with van der Waals surface area (Å²) in [5.74, 6) is 0.885. The normalized spacial score (nSPS) is 11.0. The molecule has 0 aliphatic carbocycles. The number of benzene rings is 1. The van der Waals surface area contributed by atoms with Crippen LogP contribution in [0, 0.1) is 0 Å². The van der Waals surface area contributed by atoms with Gasteiger partial charge < -0.3 is 5.32 Å². The molecule has 1 aromatic carbocycles. The van der Waals surface area contributed by atoms with Crippen LogP contribution in [0.25, 0.3) is 10.9 Å². The lowest BCUT2D eigenvalue weighted by molar-refractivity contribution is 0.746. The highest BCUT2D eigenvalue weighted by Crippen LogP contribution is 2.20. The number of fused-ring (bicyclic) bond motifs is 1. The molecule has 0 fully saturated rings. The third-order valence-electron chi connectivity index (χ3n) is 3.44. The van der Waals surface area contributed by atoms with Crippen molar-refractivity contribution in [2.45, 2.75) is 19.9 Å². The Balaban J connectivity index is 1.80. The predicted molar refractivity (Wildman–Crippen MR) is 89.4 cm³/mol. The first-order valence-corrected chi connectivity index (χ1v) is 7.76. The summed E-state index contributed by atoms with van der Waals surface area (Å²) in [4.78, 5) is 4.63. The number of rotatable bonds is 4. The van der Waals surface area contributed by atoms with Crippen molar-refractivity contribution in [1.29, 1.82) is 0 Å². The van der Waals surface area contributed by atoms with Crippen LogP contribution in [0.4, 0.5) is 5.82 Å². The van der Waals surface area contributed by atoms with E-state index in [1.165, 1.54) is 5.56 Å². The van der Waals surface area contributed by atoms with Crippen LogP contribution in [0.2, 0.25) is 0 Å². The Morgan fingerprint density at radius 2 is 2.10 bits per heavy atom. The van der Waals surface area contributed by atoms with Crippen LogP contribution < -0.4 is 5.32 Å². The molecule has 0 aliphatic rings. The average Bonchev–Trinajstić information content (AvgIpc) is 2.85. The van der Waals surface area contributed by atoms with E-state index in [1.54, 1.807) is 0 Å². The summed E-state index contributed by atoms with van der Waals surface area (Å²) < 4.78 is 2.93. The minimum Gasteiger partial charge on any atom is -0.366 e. The molecular weight excluding hydrogens is 328 g/mol. The van der Waals surface area contributed by atoms with Crippen molar-refractivity contribution in [3.63, 3.8) is 0 Å². The molecule has 0 aliphatic heterocycles. The SMILES string of the molecule is CCc1nn(C)cc1CNc1ccc2cc(Br)ccc2n1. The first-order valence-electron chi connectivity index (χ1n) is 6.97. The van der Waals surface area contributed by atoms with E-state index in [0.717, 1.165) is 39.9 Å². The average molecular weight is 345 g/mol. The van der Waals surface area contributed by atoms with Gasteiger partial charge in [0.25, 0.3) is 0 Å². The molecule has 0 atom stereocenters.